The van der Waals surface area contributed by atoms with E-state index < -0.39 is 11.9 Å². The average molecular weight is 253 g/mol. The SMILES string of the molecule is Cc1cc(N)c(F)cc1N1CCN(C(=O)O)CC1. The van der Waals surface area contributed by atoms with Crippen LogP contribution >= 0.6 is 0 Å². The number of piperazine rings is 1. The van der Waals surface area contributed by atoms with E-state index in [9.17, 15) is 9.18 Å². The molecule has 1 aliphatic heterocycles. The number of hydrogen-bond donors (Lipinski definition) is 2. The van der Waals surface area contributed by atoms with Gasteiger partial charge in [-0.25, -0.2) is 9.18 Å². The van der Waals surface area contributed by atoms with Crippen LogP contribution < -0.4 is 10.6 Å². The normalized spacial score (nSPS) is 15.9. The number of anilines is 2. The van der Waals surface area contributed by atoms with E-state index in [4.69, 9.17) is 10.8 Å². The standard InChI is InChI=1S/C12H16FN3O2/c1-8-6-10(14)9(13)7-11(8)15-2-4-16(5-3-15)12(17)18/h6-7H,2-5,14H2,1H3,(H,17,18). The first-order chi connectivity index (χ1) is 8.49. The molecule has 1 aliphatic rings. The second-order valence-electron chi connectivity index (χ2n) is 4.42. The average Bonchev–Trinajstić information content (AvgIpc) is 2.34. The highest BCUT2D eigenvalue weighted by atomic mass is 19.1. The predicted molar refractivity (Wildman–Crippen MR) is 67.4 cm³/mol. The molecular weight excluding hydrogens is 237 g/mol. The topological polar surface area (TPSA) is 69.8 Å². The Balaban J connectivity index is 2.15. The summed E-state index contributed by atoms with van der Waals surface area (Å²) in [7, 11) is 0. The monoisotopic (exact) mass is 253 g/mol. The Morgan fingerprint density at radius 2 is 1.94 bits per heavy atom. The Labute approximate surface area is 105 Å². The molecule has 1 aromatic carbocycles. The molecule has 0 spiro atoms. The number of aryl methyl sites for hydroxylation is 1. The van der Waals surface area contributed by atoms with Crippen molar-refractivity contribution in [3.63, 3.8) is 0 Å². The highest BCUT2D eigenvalue weighted by Crippen LogP contribution is 2.26. The summed E-state index contributed by atoms with van der Waals surface area (Å²) in [6, 6.07) is 3.02. The molecule has 3 N–H and O–H groups in total. The molecule has 98 valence electrons. The number of amides is 1. The van der Waals surface area contributed by atoms with Crippen LogP contribution in [0.15, 0.2) is 12.1 Å². The summed E-state index contributed by atoms with van der Waals surface area (Å²) < 4.78 is 13.5. The molecule has 0 atom stereocenters. The second-order valence-corrected chi connectivity index (χ2v) is 4.42. The van der Waals surface area contributed by atoms with E-state index in [1.165, 1.54) is 11.0 Å². The molecule has 0 unspecified atom stereocenters. The van der Waals surface area contributed by atoms with Gasteiger partial charge in [0.2, 0.25) is 0 Å². The van der Waals surface area contributed by atoms with Crippen LogP contribution in [0.5, 0.6) is 0 Å². The summed E-state index contributed by atoms with van der Waals surface area (Å²) in [5, 5.41) is 8.86. The fourth-order valence-corrected chi connectivity index (χ4v) is 2.17. The molecule has 1 amide bonds. The Hall–Kier alpha value is -1.98. The van der Waals surface area contributed by atoms with E-state index >= 15 is 0 Å². The molecule has 6 heteroatoms. The molecule has 1 heterocycles. The van der Waals surface area contributed by atoms with Crippen molar-refractivity contribution < 1.29 is 14.3 Å². The molecule has 18 heavy (non-hydrogen) atoms. The van der Waals surface area contributed by atoms with Crippen molar-refractivity contribution >= 4 is 17.5 Å². The first-order valence-corrected chi connectivity index (χ1v) is 5.77. The number of carboxylic acid groups (broad SMARTS) is 1. The molecule has 5 nitrogen and oxygen atoms in total. The van der Waals surface area contributed by atoms with E-state index in [-0.39, 0.29) is 5.69 Å². The first kappa shape index (κ1) is 12.5. The Kier molecular flexibility index (Phi) is 3.27. The van der Waals surface area contributed by atoms with Crippen LogP contribution in [0.3, 0.4) is 0 Å². The van der Waals surface area contributed by atoms with Crippen molar-refractivity contribution in [2.75, 3.05) is 36.8 Å². The van der Waals surface area contributed by atoms with Crippen molar-refractivity contribution in [1.29, 1.82) is 0 Å². The molecule has 0 bridgehead atoms. The molecule has 2 rings (SSSR count). The Morgan fingerprint density at radius 1 is 1.33 bits per heavy atom. The minimum absolute atomic E-state index is 0.139. The van der Waals surface area contributed by atoms with Crippen LogP contribution in [0.2, 0.25) is 0 Å². The summed E-state index contributed by atoms with van der Waals surface area (Å²) in [6.07, 6.45) is -0.908. The molecule has 0 aromatic heterocycles. The largest absolute Gasteiger partial charge is 0.465 e. The zero-order valence-corrected chi connectivity index (χ0v) is 10.2. The van der Waals surface area contributed by atoms with Crippen molar-refractivity contribution in [3.8, 4) is 0 Å². The zero-order valence-electron chi connectivity index (χ0n) is 10.2. The van der Waals surface area contributed by atoms with Gasteiger partial charge in [-0.1, -0.05) is 0 Å². The quantitative estimate of drug-likeness (QED) is 0.744. The lowest BCUT2D eigenvalue weighted by Gasteiger charge is -2.35. The Morgan fingerprint density at radius 3 is 2.50 bits per heavy atom. The van der Waals surface area contributed by atoms with Gasteiger partial charge >= 0.3 is 6.09 Å². The number of nitrogens with two attached hydrogens (primary N) is 1. The molecule has 1 fully saturated rings. The zero-order chi connectivity index (χ0) is 13.3. The lowest BCUT2D eigenvalue weighted by Crippen LogP contribution is -2.48. The number of halogens is 1. The van der Waals surface area contributed by atoms with Gasteiger partial charge < -0.3 is 20.6 Å². The van der Waals surface area contributed by atoms with E-state index in [2.05, 4.69) is 0 Å². The lowest BCUT2D eigenvalue weighted by atomic mass is 10.1. The third-order valence-corrected chi connectivity index (χ3v) is 3.21. The summed E-state index contributed by atoms with van der Waals surface area (Å²) >= 11 is 0. The number of nitrogen functional groups attached to an aromatic ring is 1. The second kappa shape index (κ2) is 4.72. The summed E-state index contributed by atoms with van der Waals surface area (Å²) in [5.74, 6) is -0.434. The third-order valence-electron chi connectivity index (χ3n) is 3.21. The molecule has 0 saturated carbocycles. The van der Waals surface area contributed by atoms with Gasteiger partial charge in [-0.2, -0.15) is 0 Å². The molecule has 0 aliphatic carbocycles. The van der Waals surface area contributed by atoms with Gasteiger partial charge in [0.15, 0.2) is 0 Å². The maximum atomic E-state index is 13.5. The maximum Gasteiger partial charge on any atom is 0.407 e. The van der Waals surface area contributed by atoms with Gasteiger partial charge in [-0.15, -0.1) is 0 Å². The van der Waals surface area contributed by atoms with Crippen LogP contribution in [0.25, 0.3) is 0 Å². The molecular formula is C12H16FN3O2. The van der Waals surface area contributed by atoms with Crippen LogP contribution in [0.4, 0.5) is 20.6 Å². The summed E-state index contributed by atoms with van der Waals surface area (Å²) in [6.45, 7) is 3.86. The highest BCUT2D eigenvalue weighted by molar-refractivity contribution is 5.66. The van der Waals surface area contributed by atoms with Gasteiger partial charge in [0.05, 0.1) is 5.69 Å². The fourth-order valence-electron chi connectivity index (χ4n) is 2.17. The van der Waals surface area contributed by atoms with Crippen molar-refractivity contribution in [2.45, 2.75) is 6.92 Å². The minimum atomic E-state index is -0.908. The van der Waals surface area contributed by atoms with E-state index in [0.717, 1.165) is 11.3 Å². The van der Waals surface area contributed by atoms with Crippen LogP contribution in [0, 0.1) is 12.7 Å². The first-order valence-electron chi connectivity index (χ1n) is 5.77. The van der Waals surface area contributed by atoms with Crippen molar-refractivity contribution in [2.24, 2.45) is 0 Å². The smallest absolute Gasteiger partial charge is 0.407 e. The summed E-state index contributed by atoms with van der Waals surface area (Å²) in [5.41, 5.74) is 7.33. The van der Waals surface area contributed by atoms with Crippen molar-refractivity contribution in [1.82, 2.24) is 4.90 Å². The van der Waals surface area contributed by atoms with Crippen LogP contribution in [-0.4, -0.2) is 42.3 Å². The molecule has 1 saturated heterocycles. The number of carbonyl (C=O) groups is 1. The third kappa shape index (κ3) is 2.32. The van der Waals surface area contributed by atoms with Gasteiger partial charge in [-0.3, -0.25) is 0 Å². The fraction of sp³-hybridized carbons (Fsp3) is 0.417. The number of rotatable bonds is 1. The lowest BCUT2D eigenvalue weighted by molar-refractivity contribution is 0.142. The number of benzene rings is 1. The van der Waals surface area contributed by atoms with Crippen LogP contribution in [-0.2, 0) is 0 Å². The van der Waals surface area contributed by atoms with E-state index in [1.54, 1.807) is 6.07 Å². The van der Waals surface area contributed by atoms with E-state index in [1.807, 2.05) is 11.8 Å². The Bertz CT molecular complexity index is 471. The predicted octanol–water partition coefficient (Wildman–Crippen LogP) is 1.52. The molecule has 0 radical (unpaired) electrons. The highest BCUT2D eigenvalue weighted by Gasteiger charge is 2.22. The van der Waals surface area contributed by atoms with Gasteiger partial charge in [0.25, 0.3) is 0 Å². The van der Waals surface area contributed by atoms with Gasteiger partial charge in [-0.05, 0) is 24.6 Å². The van der Waals surface area contributed by atoms with Crippen LogP contribution in [0.1, 0.15) is 5.56 Å². The van der Waals surface area contributed by atoms with Crippen molar-refractivity contribution in [3.05, 3.63) is 23.5 Å². The van der Waals surface area contributed by atoms with Gasteiger partial charge in [0.1, 0.15) is 5.82 Å². The number of nitrogens with zero attached hydrogens (tertiary/aromatic N) is 2. The maximum absolute atomic E-state index is 13.5. The van der Waals surface area contributed by atoms with E-state index in [0.29, 0.717) is 26.2 Å². The van der Waals surface area contributed by atoms with Gasteiger partial charge in [0, 0.05) is 31.9 Å². The molecule has 1 aromatic rings. The summed E-state index contributed by atoms with van der Waals surface area (Å²) in [4.78, 5) is 14.1. The minimum Gasteiger partial charge on any atom is -0.465 e. The number of hydrogen-bond acceptors (Lipinski definition) is 3.